The molecule has 3 atom stereocenters. The van der Waals surface area contributed by atoms with E-state index < -0.39 is 0 Å². The first-order valence-corrected chi connectivity index (χ1v) is 8.05. The number of aromatic nitrogens is 3. The zero-order valence-corrected chi connectivity index (χ0v) is 13.1. The largest absolute Gasteiger partial charge is 0.427 e. The molecule has 0 radical (unpaired) electrons. The maximum absolute atomic E-state index is 10.5. The molecule has 0 amide bonds. The maximum Gasteiger partial charge on any atom is 0.148 e. The summed E-state index contributed by atoms with van der Waals surface area (Å²) >= 11 is 0. The van der Waals surface area contributed by atoms with Crippen LogP contribution in [0.3, 0.4) is 0 Å². The molecule has 5 nitrogen and oxygen atoms in total. The third kappa shape index (κ3) is 2.57. The summed E-state index contributed by atoms with van der Waals surface area (Å²) in [7, 11) is 0. The van der Waals surface area contributed by atoms with E-state index in [1.165, 1.54) is 10.3 Å². The lowest BCUT2D eigenvalue weighted by molar-refractivity contribution is 0.159. The third-order valence-electron chi connectivity index (χ3n) is 4.68. The van der Waals surface area contributed by atoms with E-state index in [4.69, 9.17) is 0 Å². The van der Waals surface area contributed by atoms with Gasteiger partial charge in [-0.2, -0.15) is 4.73 Å². The van der Waals surface area contributed by atoms with E-state index in [1.54, 1.807) is 12.4 Å². The highest BCUT2D eigenvalue weighted by atomic mass is 16.5. The molecule has 1 saturated heterocycles. The molecule has 0 aromatic heterocycles. The topological polar surface area (TPSA) is 63.0 Å². The molecule has 3 aliphatic rings. The molecule has 0 aliphatic carbocycles. The Morgan fingerprint density at radius 2 is 1.96 bits per heavy atom. The first kappa shape index (κ1) is 14.2. The highest BCUT2D eigenvalue weighted by Gasteiger charge is 2.31. The lowest BCUT2D eigenvalue weighted by Gasteiger charge is -2.35. The molecule has 5 heteroatoms. The fourth-order valence-electron chi connectivity index (χ4n) is 3.62. The minimum absolute atomic E-state index is 0.209. The number of nitrogens with zero attached hydrogens (tertiary/aromatic N) is 3. The van der Waals surface area contributed by atoms with E-state index in [1.807, 2.05) is 12.1 Å². The van der Waals surface area contributed by atoms with E-state index in [0.29, 0.717) is 6.04 Å². The molecule has 1 aromatic rings. The molecule has 2 N–H and O–H groups in total. The van der Waals surface area contributed by atoms with Gasteiger partial charge in [-0.05, 0) is 31.4 Å². The molecule has 1 aromatic carbocycles. The normalized spacial score (nSPS) is 24.8. The Balaban J connectivity index is 1.68. The van der Waals surface area contributed by atoms with Gasteiger partial charge in [-0.1, -0.05) is 30.3 Å². The molecule has 4 rings (SSSR count). The monoisotopic (exact) mass is 308 g/mol. The molecular weight excluding hydrogens is 288 g/mol. The number of fused-ring (bicyclic) bond motifs is 1. The van der Waals surface area contributed by atoms with Crippen LogP contribution >= 0.6 is 0 Å². The Morgan fingerprint density at radius 1 is 1.13 bits per heavy atom. The van der Waals surface area contributed by atoms with Crippen LogP contribution in [0.2, 0.25) is 0 Å². The van der Waals surface area contributed by atoms with Crippen LogP contribution in [0.4, 0.5) is 0 Å². The average molecular weight is 308 g/mol. The lowest BCUT2D eigenvalue weighted by atomic mass is 9.85. The van der Waals surface area contributed by atoms with E-state index in [9.17, 15) is 5.21 Å². The summed E-state index contributed by atoms with van der Waals surface area (Å²) in [6.07, 6.45) is 5.32. The van der Waals surface area contributed by atoms with Crippen molar-refractivity contribution in [3.63, 3.8) is 0 Å². The minimum Gasteiger partial charge on any atom is -0.427 e. The molecule has 118 valence electrons. The van der Waals surface area contributed by atoms with Gasteiger partial charge in [-0.15, -0.1) is 0 Å². The average Bonchev–Trinajstić information content (AvgIpc) is 3.05. The van der Waals surface area contributed by atoms with Crippen LogP contribution in [0.15, 0.2) is 48.8 Å². The van der Waals surface area contributed by atoms with E-state index >= 15 is 0 Å². The number of hydrogen-bond acceptors (Lipinski definition) is 4. The van der Waals surface area contributed by atoms with Crippen LogP contribution in [-0.2, 0) is 0 Å². The van der Waals surface area contributed by atoms with Crippen molar-refractivity contribution in [2.45, 2.75) is 37.8 Å². The number of piperidine rings is 1. The zero-order valence-electron chi connectivity index (χ0n) is 13.1. The van der Waals surface area contributed by atoms with Crippen molar-refractivity contribution in [3.8, 4) is 11.4 Å². The third-order valence-corrected chi connectivity index (χ3v) is 4.68. The quantitative estimate of drug-likeness (QED) is 0.714. The molecular formula is C18H20N4O. The van der Waals surface area contributed by atoms with Crippen LogP contribution in [0, 0.1) is 0 Å². The van der Waals surface area contributed by atoms with Crippen molar-refractivity contribution >= 4 is 0 Å². The van der Waals surface area contributed by atoms with E-state index in [2.05, 4.69) is 46.5 Å². The molecule has 3 unspecified atom stereocenters. The van der Waals surface area contributed by atoms with Gasteiger partial charge in [-0.25, -0.2) is 4.98 Å². The molecule has 0 saturated carbocycles. The zero-order chi connectivity index (χ0) is 15.8. The predicted molar refractivity (Wildman–Crippen MR) is 87.6 cm³/mol. The first-order valence-electron chi connectivity index (χ1n) is 8.05. The molecule has 23 heavy (non-hydrogen) atoms. The summed E-state index contributed by atoms with van der Waals surface area (Å²) in [5, 5.41) is 14.2. The second-order valence-corrected chi connectivity index (χ2v) is 6.34. The van der Waals surface area contributed by atoms with Gasteiger partial charge < -0.3 is 10.5 Å². The van der Waals surface area contributed by atoms with Crippen molar-refractivity contribution in [3.05, 3.63) is 60.2 Å². The summed E-state index contributed by atoms with van der Waals surface area (Å²) in [5.41, 5.74) is 2.72. The second kappa shape index (κ2) is 5.66. The number of nitrogens with one attached hydrogen (secondary N) is 1. The smallest absolute Gasteiger partial charge is 0.148 e. The van der Waals surface area contributed by atoms with Crippen LogP contribution in [0.5, 0.6) is 0 Å². The van der Waals surface area contributed by atoms with Gasteiger partial charge in [0.15, 0.2) is 0 Å². The molecule has 0 bridgehead atoms. The summed E-state index contributed by atoms with van der Waals surface area (Å²) < 4.78 is 1.22. The fourth-order valence-corrected chi connectivity index (χ4v) is 3.62. The van der Waals surface area contributed by atoms with Crippen molar-refractivity contribution in [2.24, 2.45) is 0 Å². The maximum atomic E-state index is 10.5. The van der Waals surface area contributed by atoms with Crippen molar-refractivity contribution in [2.75, 3.05) is 0 Å². The van der Waals surface area contributed by atoms with Crippen LogP contribution in [0.25, 0.3) is 11.4 Å². The molecule has 3 aliphatic heterocycles. The first-order chi connectivity index (χ1) is 11.2. The van der Waals surface area contributed by atoms with Gasteiger partial charge in [0.25, 0.3) is 0 Å². The SMILES string of the molecule is CC1CC(c2ncc3nccc-3n2O)CC(c2ccccc2)N1. The van der Waals surface area contributed by atoms with Crippen molar-refractivity contribution < 1.29 is 5.21 Å². The summed E-state index contributed by atoms with van der Waals surface area (Å²) in [6.45, 7) is 2.19. The second-order valence-electron chi connectivity index (χ2n) is 6.34. The Hall–Kier alpha value is -2.40. The van der Waals surface area contributed by atoms with Gasteiger partial charge in [0.1, 0.15) is 17.2 Å². The van der Waals surface area contributed by atoms with Crippen LogP contribution in [0.1, 0.15) is 43.1 Å². The van der Waals surface area contributed by atoms with Gasteiger partial charge in [-0.3, -0.25) is 4.98 Å². The Labute approximate surface area is 135 Å². The fraction of sp³-hybridized carbons (Fsp3) is 0.333. The Bertz CT molecular complexity index is 770. The number of benzene rings is 1. The van der Waals surface area contributed by atoms with Gasteiger partial charge >= 0.3 is 0 Å². The number of rotatable bonds is 2. The van der Waals surface area contributed by atoms with E-state index in [-0.39, 0.29) is 12.0 Å². The Morgan fingerprint density at radius 3 is 2.78 bits per heavy atom. The molecule has 1 fully saturated rings. The summed E-state index contributed by atoms with van der Waals surface area (Å²) in [5.74, 6) is 0.931. The summed E-state index contributed by atoms with van der Waals surface area (Å²) in [6, 6.07) is 12.9. The van der Waals surface area contributed by atoms with Crippen LogP contribution in [-0.4, -0.2) is 25.9 Å². The van der Waals surface area contributed by atoms with Crippen molar-refractivity contribution in [1.82, 2.24) is 20.0 Å². The number of hydrogen-bond donors (Lipinski definition) is 2. The summed E-state index contributed by atoms with van der Waals surface area (Å²) in [4.78, 5) is 8.68. The highest BCUT2D eigenvalue weighted by Crippen LogP contribution is 2.36. The lowest BCUT2D eigenvalue weighted by Crippen LogP contribution is -2.38. The Kier molecular flexibility index (Phi) is 3.50. The van der Waals surface area contributed by atoms with Gasteiger partial charge in [0.05, 0.1) is 6.20 Å². The van der Waals surface area contributed by atoms with E-state index in [0.717, 1.165) is 30.1 Å². The van der Waals surface area contributed by atoms with Gasteiger partial charge in [0.2, 0.25) is 0 Å². The van der Waals surface area contributed by atoms with Crippen LogP contribution < -0.4 is 5.32 Å². The standard InChI is InChI=1S/C18H20N4O/c1-12-9-14(10-15(21-12)13-5-3-2-4-6-13)18-20-11-16-17(22(18)23)7-8-19-16/h2-8,11-12,14-15,21,23H,9-10H2,1H3. The minimum atomic E-state index is 0.209. The van der Waals surface area contributed by atoms with Crippen molar-refractivity contribution in [1.29, 1.82) is 0 Å². The molecule has 0 spiro atoms. The highest BCUT2D eigenvalue weighted by molar-refractivity contribution is 5.55. The molecule has 3 heterocycles. The van der Waals surface area contributed by atoms with Gasteiger partial charge in [0, 0.05) is 24.2 Å². The predicted octanol–water partition coefficient (Wildman–Crippen LogP) is 3.22.